The molecule has 0 saturated heterocycles. The minimum atomic E-state index is -0.368. The molecule has 1 N–H and O–H groups in total. The molecular weight excluding hydrogens is 314 g/mol. The van der Waals surface area contributed by atoms with E-state index in [-0.39, 0.29) is 17.3 Å². The second-order valence-electron chi connectivity index (χ2n) is 6.12. The Bertz CT molecular complexity index is 968. The standard InChI is InChI=1S/C20H19N3O2/c1-13-4-6-16(7-5-13)19(24)22-18-20(25)23(9-8-21-18)17-11-14(2)10-15(3)12-17/h4-12H,1-3H3,(H,21,22,24). The van der Waals surface area contributed by atoms with Crippen molar-refractivity contribution in [2.45, 2.75) is 20.8 Å². The van der Waals surface area contributed by atoms with Crippen LogP contribution in [0, 0.1) is 20.8 Å². The monoisotopic (exact) mass is 333 g/mol. The summed E-state index contributed by atoms with van der Waals surface area (Å²) in [5, 5.41) is 2.60. The first-order chi connectivity index (χ1) is 11.9. The molecule has 1 heterocycles. The van der Waals surface area contributed by atoms with Crippen LogP contribution in [-0.2, 0) is 0 Å². The van der Waals surface area contributed by atoms with Crippen molar-refractivity contribution in [1.29, 1.82) is 0 Å². The molecule has 0 spiro atoms. The van der Waals surface area contributed by atoms with Crippen LogP contribution in [-0.4, -0.2) is 15.5 Å². The van der Waals surface area contributed by atoms with Gasteiger partial charge in [0.05, 0.1) is 0 Å². The van der Waals surface area contributed by atoms with Crippen LogP contribution in [0.4, 0.5) is 5.82 Å². The van der Waals surface area contributed by atoms with Gasteiger partial charge in [0.1, 0.15) is 0 Å². The molecule has 5 heteroatoms. The zero-order valence-electron chi connectivity index (χ0n) is 14.4. The van der Waals surface area contributed by atoms with E-state index in [0.29, 0.717) is 5.56 Å². The average molecular weight is 333 g/mol. The van der Waals surface area contributed by atoms with Crippen LogP contribution < -0.4 is 10.9 Å². The molecule has 1 amide bonds. The largest absolute Gasteiger partial charge is 0.302 e. The fourth-order valence-corrected chi connectivity index (χ4v) is 2.67. The molecule has 25 heavy (non-hydrogen) atoms. The van der Waals surface area contributed by atoms with Crippen molar-refractivity contribution in [1.82, 2.24) is 9.55 Å². The Kier molecular flexibility index (Phi) is 4.48. The van der Waals surface area contributed by atoms with E-state index in [4.69, 9.17) is 0 Å². The molecule has 3 rings (SSSR count). The lowest BCUT2D eigenvalue weighted by Crippen LogP contribution is -2.26. The highest BCUT2D eigenvalue weighted by Crippen LogP contribution is 2.12. The van der Waals surface area contributed by atoms with E-state index >= 15 is 0 Å². The molecule has 0 radical (unpaired) electrons. The second-order valence-corrected chi connectivity index (χ2v) is 6.12. The molecule has 2 aromatic carbocycles. The zero-order valence-corrected chi connectivity index (χ0v) is 14.4. The molecule has 1 aromatic heterocycles. The first-order valence-electron chi connectivity index (χ1n) is 7.98. The van der Waals surface area contributed by atoms with Crippen LogP contribution in [0.25, 0.3) is 5.69 Å². The number of anilines is 1. The van der Waals surface area contributed by atoms with Crippen LogP contribution in [0.5, 0.6) is 0 Å². The number of hydrogen-bond donors (Lipinski definition) is 1. The molecule has 0 fully saturated rings. The maximum absolute atomic E-state index is 12.7. The van der Waals surface area contributed by atoms with Gasteiger partial charge in [-0.2, -0.15) is 0 Å². The van der Waals surface area contributed by atoms with E-state index in [1.165, 1.54) is 10.8 Å². The smallest absolute Gasteiger partial charge is 0.298 e. The maximum Gasteiger partial charge on any atom is 0.298 e. The van der Waals surface area contributed by atoms with E-state index in [2.05, 4.69) is 10.3 Å². The SMILES string of the molecule is Cc1ccc(C(=O)Nc2nccn(-c3cc(C)cc(C)c3)c2=O)cc1. The number of nitrogens with zero attached hydrogens (tertiary/aromatic N) is 2. The molecule has 0 saturated carbocycles. The average Bonchev–Trinajstić information content (AvgIpc) is 2.56. The third-order valence-corrected chi connectivity index (χ3v) is 3.87. The van der Waals surface area contributed by atoms with Crippen LogP contribution >= 0.6 is 0 Å². The number of carbonyl (C=O) groups excluding carboxylic acids is 1. The summed E-state index contributed by atoms with van der Waals surface area (Å²) in [6.07, 6.45) is 3.10. The summed E-state index contributed by atoms with van der Waals surface area (Å²) in [7, 11) is 0. The Hall–Kier alpha value is -3.21. The summed E-state index contributed by atoms with van der Waals surface area (Å²) in [6.45, 7) is 5.90. The topological polar surface area (TPSA) is 64.0 Å². The highest BCUT2D eigenvalue weighted by atomic mass is 16.2. The lowest BCUT2D eigenvalue weighted by molar-refractivity contribution is 0.102. The van der Waals surface area contributed by atoms with Crippen molar-refractivity contribution >= 4 is 11.7 Å². The van der Waals surface area contributed by atoms with Crippen LogP contribution in [0.3, 0.4) is 0 Å². The predicted molar refractivity (Wildman–Crippen MR) is 98.4 cm³/mol. The van der Waals surface area contributed by atoms with Gasteiger partial charge in [0.2, 0.25) is 0 Å². The molecule has 3 aromatic rings. The van der Waals surface area contributed by atoms with Crippen molar-refractivity contribution in [3.63, 3.8) is 0 Å². The van der Waals surface area contributed by atoms with Crippen molar-refractivity contribution in [3.05, 3.63) is 87.5 Å². The first kappa shape index (κ1) is 16.6. The Morgan fingerprint density at radius 2 is 1.60 bits per heavy atom. The number of carbonyl (C=O) groups is 1. The van der Waals surface area contributed by atoms with E-state index in [9.17, 15) is 9.59 Å². The van der Waals surface area contributed by atoms with E-state index in [1.54, 1.807) is 18.3 Å². The van der Waals surface area contributed by atoms with Crippen LogP contribution in [0.15, 0.2) is 59.7 Å². The Labute approximate surface area is 146 Å². The fraction of sp³-hybridized carbons (Fsp3) is 0.150. The summed E-state index contributed by atoms with van der Waals surface area (Å²) >= 11 is 0. The molecule has 0 bridgehead atoms. The van der Waals surface area contributed by atoms with Gasteiger partial charge in [-0.15, -0.1) is 0 Å². The third kappa shape index (κ3) is 3.66. The molecule has 5 nitrogen and oxygen atoms in total. The van der Waals surface area contributed by atoms with Gasteiger partial charge in [0.25, 0.3) is 11.5 Å². The van der Waals surface area contributed by atoms with E-state index < -0.39 is 0 Å². The Morgan fingerprint density at radius 1 is 0.960 bits per heavy atom. The van der Waals surface area contributed by atoms with Gasteiger partial charge in [-0.25, -0.2) is 4.98 Å². The van der Waals surface area contributed by atoms with Gasteiger partial charge in [-0.3, -0.25) is 14.2 Å². The maximum atomic E-state index is 12.7. The fourth-order valence-electron chi connectivity index (χ4n) is 2.67. The third-order valence-electron chi connectivity index (χ3n) is 3.87. The van der Waals surface area contributed by atoms with Gasteiger partial charge in [-0.1, -0.05) is 23.8 Å². The molecule has 0 aliphatic carbocycles. The Balaban J connectivity index is 1.95. The summed E-state index contributed by atoms with van der Waals surface area (Å²) in [4.78, 5) is 29.1. The highest BCUT2D eigenvalue weighted by Gasteiger charge is 2.12. The minimum absolute atomic E-state index is 0.00670. The normalized spacial score (nSPS) is 10.5. The quantitative estimate of drug-likeness (QED) is 0.799. The van der Waals surface area contributed by atoms with Gasteiger partial charge in [-0.05, 0) is 56.2 Å². The minimum Gasteiger partial charge on any atom is -0.302 e. The summed E-state index contributed by atoms with van der Waals surface area (Å²) in [5.74, 6) is -0.352. The molecule has 0 unspecified atom stereocenters. The van der Waals surface area contributed by atoms with Crippen molar-refractivity contribution in [2.24, 2.45) is 0 Å². The molecular formula is C20H19N3O2. The van der Waals surface area contributed by atoms with Crippen molar-refractivity contribution < 1.29 is 4.79 Å². The number of rotatable bonds is 3. The zero-order chi connectivity index (χ0) is 18.0. The number of amides is 1. The molecule has 0 aliphatic rings. The number of benzene rings is 2. The lowest BCUT2D eigenvalue weighted by Gasteiger charge is -2.10. The van der Waals surface area contributed by atoms with Crippen molar-refractivity contribution in [3.8, 4) is 5.69 Å². The van der Waals surface area contributed by atoms with Gasteiger partial charge in [0.15, 0.2) is 5.82 Å². The summed E-state index contributed by atoms with van der Waals surface area (Å²) in [5.41, 5.74) is 4.04. The molecule has 0 atom stereocenters. The number of nitrogens with one attached hydrogen (secondary N) is 1. The van der Waals surface area contributed by atoms with E-state index in [1.807, 2.05) is 51.1 Å². The van der Waals surface area contributed by atoms with Gasteiger partial charge >= 0.3 is 0 Å². The van der Waals surface area contributed by atoms with Crippen molar-refractivity contribution in [2.75, 3.05) is 5.32 Å². The van der Waals surface area contributed by atoms with Crippen LogP contribution in [0.2, 0.25) is 0 Å². The first-order valence-corrected chi connectivity index (χ1v) is 7.98. The summed E-state index contributed by atoms with van der Waals surface area (Å²) in [6, 6.07) is 13.0. The van der Waals surface area contributed by atoms with Gasteiger partial charge < -0.3 is 5.32 Å². The number of aryl methyl sites for hydroxylation is 3. The number of hydrogen-bond acceptors (Lipinski definition) is 3. The Morgan fingerprint density at radius 3 is 2.24 bits per heavy atom. The predicted octanol–water partition coefficient (Wildman–Crippen LogP) is 3.41. The van der Waals surface area contributed by atoms with Crippen LogP contribution in [0.1, 0.15) is 27.0 Å². The van der Waals surface area contributed by atoms with Gasteiger partial charge in [0, 0.05) is 23.6 Å². The molecule has 126 valence electrons. The lowest BCUT2D eigenvalue weighted by atomic mass is 10.1. The highest BCUT2D eigenvalue weighted by molar-refractivity contribution is 6.03. The summed E-state index contributed by atoms with van der Waals surface area (Å²) < 4.78 is 1.48. The number of aromatic nitrogens is 2. The second kappa shape index (κ2) is 6.73. The molecule has 0 aliphatic heterocycles. The van der Waals surface area contributed by atoms with E-state index in [0.717, 1.165) is 22.4 Å².